The van der Waals surface area contributed by atoms with Crippen molar-refractivity contribution in [1.82, 2.24) is 4.90 Å². The molecule has 0 unspecified atom stereocenters. The van der Waals surface area contributed by atoms with Gasteiger partial charge in [0.25, 0.3) is 0 Å². The summed E-state index contributed by atoms with van der Waals surface area (Å²) in [5.41, 5.74) is 2.48. The van der Waals surface area contributed by atoms with Crippen molar-refractivity contribution in [2.75, 3.05) is 12.4 Å². The number of amides is 2. The van der Waals surface area contributed by atoms with Gasteiger partial charge in [-0.1, -0.05) is 28.1 Å². The van der Waals surface area contributed by atoms with Crippen LogP contribution in [0.15, 0.2) is 46.9 Å². The fourth-order valence-electron chi connectivity index (χ4n) is 1.96. The molecule has 2 amide bonds. The van der Waals surface area contributed by atoms with Gasteiger partial charge in [0.15, 0.2) is 0 Å². The summed E-state index contributed by atoms with van der Waals surface area (Å²) in [5.74, 6) is -0.301. The minimum absolute atomic E-state index is 0.232. The van der Waals surface area contributed by atoms with Gasteiger partial charge in [-0.2, -0.15) is 0 Å². The number of benzene rings is 2. The molecule has 0 atom stereocenters. The highest BCUT2D eigenvalue weighted by Crippen LogP contribution is 2.20. The van der Waals surface area contributed by atoms with Gasteiger partial charge in [-0.15, -0.1) is 0 Å². The van der Waals surface area contributed by atoms with E-state index in [2.05, 4.69) is 21.2 Å². The number of aryl methyl sites for hydroxylation is 1. The van der Waals surface area contributed by atoms with E-state index in [0.29, 0.717) is 6.54 Å². The minimum Gasteiger partial charge on any atom is -0.323 e. The maximum absolute atomic E-state index is 13.1. The monoisotopic (exact) mass is 350 g/mol. The second-order valence-corrected chi connectivity index (χ2v) is 5.79. The molecule has 0 aliphatic carbocycles. The summed E-state index contributed by atoms with van der Waals surface area (Å²) in [7, 11) is 1.68. The fraction of sp³-hybridized carbons (Fsp3) is 0.188. The molecule has 21 heavy (non-hydrogen) atoms. The van der Waals surface area contributed by atoms with E-state index >= 15 is 0 Å². The third kappa shape index (κ3) is 4.29. The lowest BCUT2D eigenvalue weighted by molar-refractivity contribution is 0.220. The van der Waals surface area contributed by atoms with Crippen molar-refractivity contribution >= 4 is 27.6 Å². The predicted octanol–water partition coefficient (Wildman–Crippen LogP) is 4.56. The van der Waals surface area contributed by atoms with Gasteiger partial charge in [-0.3, -0.25) is 0 Å². The van der Waals surface area contributed by atoms with Gasteiger partial charge in [-0.05, 0) is 48.4 Å². The SMILES string of the molecule is Cc1cc(Br)ccc1NC(=O)N(C)Cc1cccc(F)c1. The first-order valence-corrected chi connectivity index (χ1v) is 7.28. The zero-order valence-electron chi connectivity index (χ0n) is 11.9. The molecule has 0 spiro atoms. The standard InChI is InChI=1S/C16H16BrFN2O/c1-11-8-13(17)6-7-15(11)19-16(21)20(2)10-12-4-3-5-14(18)9-12/h3-9H,10H2,1-2H3,(H,19,21). The van der Waals surface area contributed by atoms with Crippen LogP contribution in [0.4, 0.5) is 14.9 Å². The number of nitrogens with zero attached hydrogens (tertiary/aromatic N) is 1. The Labute approximate surface area is 131 Å². The molecule has 110 valence electrons. The summed E-state index contributed by atoms with van der Waals surface area (Å²) in [6.45, 7) is 2.27. The number of halogens is 2. The van der Waals surface area contributed by atoms with Crippen molar-refractivity contribution in [2.24, 2.45) is 0 Å². The average Bonchev–Trinajstić information content (AvgIpc) is 2.41. The number of carbonyl (C=O) groups excluding carboxylic acids is 1. The number of rotatable bonds is 3. The van der Waals surface area contributed by atoms with Crippen LogP contribution >= 0.6 is 15.9 Å². The van der Waals surface area contributed by atoms with Crippen LogP contribution in [0.1, 0.15) is 11.1 Å². The lowest BCUT2D eigenvalue weighted by atomic mass is 10.2. The van der Waals surface area contributed by atoms with Gasteiger partial charge in [0.05, 0.1) is 0 Å². The number of hydrogen-bond acceptors (Lipinski definition) is 1. The van der Waals surface area contributed by atoms with E-state index in [-0.39, 0.29) is 11.8 Å². The molecule has 3 nitrogen and oxygen atoms in total. The normalized spacial score (nSPS) is 10.3. The molecule has 0 bridgehead atoms. The molecule has 0 saturated heterocycles. The van der Waals surface area contributed by atoms with Crippen LogP contribution in [-0.2, 0) is 6.54 Å². The third-order valence-electron chi connectivity index (χ3n) is 3.09. The van der Waals surface area contributed by atoms with E-state index in [9.17, 15) is 9.18 Å². The highest BCUT2D eigenvalue weighted by atomic mass is 79.9. The minimum atomic E-state index is -0.301. The van der Waals surface area contributed by atoms with Crippen molar-refractivity contribution in [3.05, 3.63) is 63.9 Å². The van der Waals surface area contributed by atoms with Crippen LogP contribution in [0.25, 0.3) is 0 Å². The molecule has 0 fully saturated rings. The highest BCUT2D eigenvalue weighted by molar-refractivity contribution is 9.10. The van der Waals surface area contributed by atoms with E-state index in [1.54, 1.807) is 19.2 Å². The van der Waals surface area contributed by atoms with Crippen molar-refractivity contribution in [3.8, 4) is 0 Å². The second kappa shape index (κ2) is 6.72. The Hall–Kier alpha value is -1.88. The lowest BCUT2D eigenvalue weighted by Gasteiger charge is -2.19. The first kappa shape index (κ1) is 15.5. The zero-order chi connectivity index (χ0) is 15.4. The molecule has 0 aliphatic rings. The topological polar surface area (TPSA) is 32.3 Å². The predicted molar refractivity (Wildman–Crippen MR) is 85.8 cm³/mol. The molecule has 0 aliphatic heterocycles. The van der Waals surface area contributed by atoms with E-state index in [0.717, 1.165) is 21.3 Å². The number of anilines is 1. The average molecular weight is 351 g/mol. The molecule has 2 aromatic rings. The van der Waals surface area contributed by atoms with Crippen LogP contribution in [0, 0.1) is 12.7 Å². The van der Waals surface area contributed by atoms with Gasteiger partial charge in [0, 0.05) is 23.8 Å². The Balaban J connectivity index is 2.02. The molecule has 5 heteroatoms. The van der Waals surface area contributed by atoms with Crippen molar-refractivity contribution in [3.63, 3.8) is 0 Å². The number of hydrogen-bond donors (Lipinski definition) is 1. The molecule has 0 heterocycles. The lowest BCUT2D eigenvalue weighted by Crippen LogP contribution is -2.31. The van der Waals surface area contributed by atoms with Crippen LogP contribution in [0.2, 0.25) is 0 Å². The van der Waals surface area contributed by atoms with E-state index in [1.165, 1.54) is 17.0 Å². The quantitative estimate of drug-likeness (QED) is 0.864. The number of urea groups is 1. The molecule has 2 aromatic carbocycles. The number of nitrogens with one attached hydrogen (secondary N) is 1. The summed E-state index contributed by atoms with van der Waals surface area (Å²) >= 11 is 3.38. The smallest absolute Gasteiger partial charge is 0.321 e. The van der Waals surface area contributed by atoms with Gasteiger partial charge >= 0.3 is 6.03 Å². The molecule has 2 rings (SSSR count). The van der Waals surface area contributed by atoms with Gasteiger partial charge in [0.2, 0.25) is 0 Å². The Morgan fingerprint density at radius 1 is 1.29 bits per heavy atom. The molecule has 0 saturated carbocycles. The summed E-state index contributed by atoms with van der Waals surface area (Å²) in [5, 5.41) is 2.84. The van der Waals surface area contributed by atoms with Gasteiger partial charge < -0.3 is 10.2 Å². The summed E-state index contributed by atoms with van der Waals surface area (Å²) in [6, 6.07) is 11.6. The third-order valence-corrected chi connectivity index (χ3v) is 3.58. The molecule has 0 radical (unpaired) electrons. The molecule has 0 aromatic heterocycles. The van der Waals surface area contributed by atoms with Crippen molar-refractivity contribution in [1.29, 1.82) is 0 Å². The first-order valence-electron chi connectivity index (χ1n) is 6.48. The van der Waals surface area contributed by atoms with E-state index in [4.69, 9.17) is 0 Å². The summed E-state index contributed by atoms with van der Waals surface area (Å²) in [4.78, 5) is 13.7. The largest absolute Gasteiger partial charge is 0.323 e. The van der Waals surface area contributed by atoms with E-state index < -0.39 is 0 Å². The van der Waals surface area contributed by atoms with Crippen molar-refractivity contribution in [2.45, 2.75) is 13.5 Å². The van der Waals surface area contributed by atoms with Crippen LogP contribution in [-0.4, -0.2) is 18.0 Å². The van der Waals surface area contributed by atoms with E-state index in [1.807, 2.05) is 25.1 Å². The number of carbonyl (C=O) groups is 1. The van der Waals surface area contributed by atoms with Crippen molar-refractivity contribution < 1.29 is 9.18 Å². The van der Waals surface area contributed by atoms with Gasteiger partial charge in [0.1, 0.15) is 5.82 Å². The highest BCUT2D eigenvalue weighted by Gasteiger charge is 2.11. The van der Waals surface area contributed by atoms with Crippen LogP contribution in [0.3, 0.4) is 0 Å². The van der Waals surface area contributed by atoms with Crippen LogP contribution < -0.4 is 5.32 Å². The van der Waals surface area contributed by atoms with Gasteiger partial charge in [-0.25, -0.2) is 9.18 Å². The summed E-state index contributed by atoms with van der Waals surface area (Å²) in [6.07, 6.45) is 0. The Bertz CT molecular complexity index is 660. The second-order valence-electron chi connectivity index (χ2n) is 4.88. The maximum atomic E-state index is 13.1. The maximum Gasteiger partial charge on any atom is 0.321 e. The molecule has 1 N–H and O–H groups in total. The zero-order valence-corrected chi connectivity index (χ0v) is 13.4. The van der Waals surface area contributed by atoms with Crippen LogP contribution in [0.5, 0.6) is 0 Å². The Morgan fingerprint density at radius 2 is 2.05 bits per heavy atom. The fourth-order valence-corrected chi connectivity index (χ4v) is 2.43. The Morgan fingerprint density at radius 3 is 2.71 bits per heavy atom. The molecular weight excluding hydrogens is 335 g/mol. The molecular formula is C16H16BrFN2O. The summed E-state index contributed by atoms with van der Waals surface area (Å²) < 4.78 is 14.1. The first-order chi connectivity index (χ1) is 9.95. The Kier molecular flexibility index (Phi) is 4.96.